The monoisotopic (exact) mass is 287 g/mol. The van der Waals surface area contributed by atoms with E-state index >= 15 is 0 Å². The summed E-state index contributed by atoms with van der Waals surface area (Å²) in [5.41, 5.74) is 2.97. The van der Waals surface area contributed by atoms with Crippen LogP contribution in [0.1, 0.15) is 11.4 Å². The molecular formula is C15H19N4O2+. The number of hydrogen-bond acceptors (Lipinski definition) is 2. The summed E-state index contributed by atoms with van der Waals surface area (Å²) >= 11 is 0. The van der Waals surface area contributed by atoms with Crippen molar-refractivity contribution in [3.05, 3.63) is 42.0 Å². The standard InChI is InChI=1S/C15H18N4O2/c1-11-14(17-10-16-11)9-18-6-7-19(15(18)20)12-4-3-5-13(8-12)21-2/h3-5,8,10H,6-7,9H2,1-2H3,(H,16,17)/p+1. The summed E-state index contributed by atoms with van der Waals surface area (Å²) in [5.74, 6) is 0.758. The van der Waals surface area contributed by atoms with E-state index in [1.807, 2.05) is 36.1 Å². The largest absolute Gasteiger partial charge is 0.497 e. The molecule has 0 bridgehead atoms. The van der Waals surface area contributed by atoms with Crippen molar-refractivity contribution < 1.29 is 14.5 Å². The summed E-state index contributed by atoms with van der Waals surface area (Å²) < 4.78 is 5.22. The predicted molar refractivity (Wildman–Crippen MR) is 78.2 cm³/mol. The first-order valence-corrected chi connectivity index (χ1v) is 6.94. The summed E-state index contributed by atoms with van der Waals surface area (Å²) in [6, 6.07) is 7.61. The fourth-order valence-electron chi connectivity index (χ4n) is 2.53. The third-order valence-electron chi connectivity index (χ3n) is 3.80. The van der Waals surface area contributed by atoms with Crippen LogP contribution < -0.4 is 14.6 Å². The number of aromatic nitrogens is 2. The number of anilines is 1. The van der Waals surface area contributed by atoms with Crippen LogP contribution in [0.2, 0.25) is 0 Å². The third-order valence-corrected chi connectivity index (χ3v) is 3.80. The van der Waals surface area contributed by atoms with Gasteiger partial charge in [0, 0.05) is 31.8 Å². The van der Waals surface area contributed by atoms with Gasteiger partial charge in [-0.15, -0.1) is 0 Å². The lowest BCUT2D eigenvalue weighted by atomic mass is 10.3. The van der Waals surface area contributed by atoms with E-state index in [1.54, 1.807) is 18.3 Å². The van der Waals surface area contributed by atoms with Crippen molar-refractivity contribution in [2.75, 3.05) is 25.1 Å². The van der Waals surface area contributed by atoms with Crippen LogP contribution in [-0.2, 0) is 6.54 Å². The number of nitrogens with one attached hydrogen (secondary N) is 2. The molecule has 0 unspecified atom stereocenters. The van der Waals surface area contributed by atoms with Crippen LogP contribution in [0, 0.1) is 6.92 Å². The third kappa shape index (κ3) is 2.56. The maximum atomic E-state index is 12.5. The maximum Gasteiger partial charge on any atom is 0.325 e. The normalized spacial score (nSPS) is 14.9. The molecule has 2 heterocycles. The minimum absolute atomic E-state index is 0.0252. The molecule has 2 amide bonds. The van der Waals surface area contributed by atoms with Crippen LogP contribution >= 0.6 is 0 Å². The number of aryl methyl sites for hydroxylation is 1. The number of carbonyl (C=O) groups excluding carboxylic acids is 1. The summed E-state index contributed by atoms with van der Waals surface area (Å²) in [6.07, 6.45) is 1.78. The first-order valence-electron chi connectivity index (χ1n) is 6.94. The van der Waals surface area contributed by atoms with Crippen molar-refractivity contribution in [3.63, 3.8) is 0 Å². The van der Waals surface area contributed by atoms with E-state index in [-0.39, 0.29) is 6.03 Å². The van der Waals surface area contributed by atoms with Crippen molar-refractivity contribution in [3.8, 4) is 5.75 Å². The highest BCUT2D eigenvalue weighted by Crippen LogP contribution is 2.25. The SMILES string of the molecule is COc1cccc(N2CCN(Cc3[nH+]c[nH]c3C)C2=O)c1. The van der Waals surface area contributed by atoms with Gasteiger partial charge in [-0.05, 0) is 12.1 Å². The van der Waals surface area contributed by atoms with E-state index in [1.165, 1.54) is 0 Å². The highest BCUT2D eigenvalue weighted by atomic mass is 16.5. The van der Waals surface area contributed by atoms with Gasteiger partial charge in [-0.3, -0.25) is 4.90 Å². The number of amides is 2. The fraction of sp³-hybridized carbons (Fsp3) is 0.333. The molecule has 1 aromatic heterocycles. The average molecular weight is 287 g/mol. The van der Waals surface area contributed by atoms with E-state index < -0.39 is 0 Å². The predicted octanol–water partition coefficient (Wildman–Crippen LogP) is 1.59. The Bertz CT molecular complexity index is 653. The van der Waals surface area contributed by atoms with E-state index in [0.29, 0.717) is 19.6 Å². The number of hydrogen-bond donors (Lipinski definition) is 1. The highest BCUT2D eigenvalue weighted by Gasteiger charge is 2.31. The summed E-state index contributed by atoms with van der Waals surface area (Å²) in [4.78, 5) is 22.4. The molecule has 2 aromatic rings. The maximum absolute atomic E-state index is 12.5. The van der Waals surface area contributed by atoms with Crippen molar-refractivity contribution in [1.82, 2.24) is 9.88 Å². The number of aromatic amines is 2. The number of rotatable bonds is 4. The second kappa shape index (κ2) is 5.47. The summed E-state index contributed by atoms with van der Waals surface area (Å²) in [7, 11) is 1.63. The molecule has 2 N–H and O–H groups in total. The lowest BCUT2D eigenvalue weighted by molar-refractivity contribution is -0.389. The van der Waals surface area contributed by atoms with Gasteiger partial charge in [0.1, 0.15) is 11.4 Å². The Hall–Kier alpha value is -2.50. The topological polar surface area (TPSA) is 62.7 Å². The quantitative estimate of drug-likeness (QED) is 0.928. The van der Waals surface area contributed by atoms with Gasteiger partial charge < -0.3 is 9.64 Å². The van der Waals surface area contributed by atoms with Gasteiger partial charge >= 0.3 is 6.03 Å². The molecular weight excluding hydrogens is 268 g/mol. The Labute approximate surface area is 123 Å². The van der Waals surface area contributed by atoms with Gasteiger partial charge in [0.2, 0.25) is 6.33 Å². The molecule has 0 atom stereocenters. The van der Waals surface area contributed by atoms with Crippen LogP contribution in [0.3, 0.4) is 0 Å². The zero-order chi connectivity index (χ0) is 14.8. The molecule has 0 radical (unpaired) electrons. The molecule has 1 aliphatic rings. The lowest BCUT2D eigenvalue weighted by Crippen LogP contribution is -2.32. The van der Waals surface area contributed by atoms with Crippen molar-refractivity contribution in [2.24, 2.45) is 0 Å². The van der Waals surface area contributed by atoms with E-state index in [2.05, 4.69) is 9.97 Å². The molecule has 1 saturated heterocycles. The Kier molecular flexibility index (Phi) is 3.51. The zero-order valence-corrected chi connectivity index (χ0v) is 12.2. The number of carbonyl (C=O) groups is 1. The number of urea groups is 1. The Morgan fingerprint density at radius 2 is 2.24 bits per heavy atom. The molecule has 6 nitrogen and oxygen atoms in total. The average Bonchev–Trinajstić information content (AvgIpc) is 3.07. The molecule has 0 spiro atoms. The van der Waals surface area contributed by atoms with Gasteiger partial charge in [0.15, 0.2) is 5.69 Å². The molecule has 1 aromatic carbocycles. The number of benzene rings is 1. The molecule has 21 heavy (non-hydrogen) atoms. The van der Waals surface area contributed by atoms with E-state index in [0.717, 1.165) is 22.8 Å². The zero-order valence-electron chi connectivity index (χ0n) is 12.2. The van der Waals surface area contributed by atoms with Gasteiger partial charge in [-0.25, -0.2) is 14.8 Å². The Balaban J connectivity index is 1.75. The van der Waals surface area contributed by atoms with Gasteiger partial charge in [-0.2, -0.15) is 0 Å². The van der Waals surface area contributed by atoms with Crippen molar-refractivity contribution in [1.29, 1.82) is 0 Å². The van der Waals surface area contributed by atoms with E-state index in [9.17, 15) is 4.79 Å². The molecule has 6 heteroatoms. The second-order valence-corrected chi connectivity index (χ2v) is 5.09. The number of imidazole rings is 1. The minimum Gasteiger partial charge on any atom is -0.497 e. The van der Waals surface area contributed by atoms with Gasteiger partial charge in [0.25, 0.3) is 0 Å². The molecule has 110 valence electrons. The highest BCUT2D eigenvalue weighted by molar-refractivity contribution is 5.94. The van der Waals surface area contributed by atoms with Crippen molar-refractivity contribution >= 4 is 11.7 Å². The minimum atomic E-state index is 0.0252. The molecule has 0 aliphatic carbocycles. The van der Waals surface area contributed by atoms with Crippen LogP contribution in [0.5, 0.6) is 5.75 Å². The van der Waals surface area contributed by atoms with Crippen LogP contribution in [-0.4, -0.2) is 36.1 Å². The number of H-pyrrole nitrogens is 2. The van der Waals surface area contributed by atoms with Crippen LogP contribution in [0.4, 0.5) is 10.5 Å². The first kappa shape index (κ1) is 13.5. The molecule has 3 rings (SSSR count). The lowest BCUT2D eigenvalue weighted by Gasteiger charge is -2.18. The smallest absolute Gasteiger partial charge is 0.325 e. The van der Waals surface area contributed by atoms with Gasteiger partial charge in [-0.1, -0.05) is 6.07 Å². The fourth-order valence-corrected chi connectivity index (χ4v) is 2.53. The molecule has 1 fully saturated rings. The van der Waals surface area contributed by atoms with Crippen molar-refractivity contribution in [2.45, 2.75) is 13.5 Å². The number of ether oxygens (including phenoxy) is 1. The molecule has 0 saturated carbocycles. The second-order valence-electron chi connectivity index (χ2n) is 5.09. The van der Waals surface area contributed by atoms with Crippen LogP contribution in [0.25, 0.3) is 0 Å². The Morgan fingerprint density at radius 3 is 2.95 bits per heavy atom. The Morgan fingerprint density at radius 1 is 1.38 bits per heavy atom. The summed E-state index contributed by atoms with van der Waals surface area (Å²) in [5, 5.41) is 0. The van der Waals surface area contributed by atoms with Crippen LogP contribution in [0.15, 0.2) is 30.6 Å². The summed E-state index contributed by atoms with van der Waals surface area (Å²) in [6.45, 7) is 3.99. The molecule has 1 aliphatic heterocycles. The van der Waals surface area contributed by atoms with E-state index in [4.69, 9.17) is 4.74 Å². The number of nitrogens with zero attached hydrogens (tertiary/aromatic N) is 2. The first-order chi connectivity index (χ1) is 10.2. The number of methoxy groups -OCH3 is 1. The van der Waals surface area contributed by atoms with Gasteiger partial charge in [0.05, 0.1) is 13.7 Å².